The number of hydrogen-bond donors (Lipinski definition) is 0. The molecule has 0 heterocycles. The summed E-state index contributed by atoms with van der Waals surface area (Å²) in [5.74, 6) is 0.359. The van der Waals surface area contributed by atoms with Crippen LogP contribution in [-0.2, 0) is 4.74 Å². The van der Waals surface area contributed by atoms with E-state index in [1.807, 2.05) is 0 Å². The molecule has 0 aliphatic carbocycles. The predicted octanol–water partition coefficient (Wildman–Crippen LogP) is 2.80. The summed E-state index contributed by atoms with van der Waals surface area (Å²) in [6.07, 6.45) is 1.37. The molecule has 0 saturated heterocycles. The number of hydrogen-bond acceptors (Lipinski definition) is 1. The smallest absolute Gasteiger partial charge is 0.125 e. The highest BCUT2D eigenvalue weighted by molar-refractivity contribution is 5.17. The number of methoxy groups -OCH3 is 1. The van der Waals surface area contributed by atoms with Gasteiger partial charge in [0, 0.05) is 6.08 Å². The Labute approximate surface area is 61.2 Å². The average molecular weight is 144 g/mol. The molecule has 0 fully saturated rings. The molecule has 10 heavy (non-hydrogen) atoms. The van der Waals surface area contributed by atoms with E-state index >= 15 is 0 Å². The summed E-state index contributed by atoms with van der Waals surface area (Å²) in [5, 5.41) is 0. The third-order valence-electron chi connectivity index (χ3n) is 1.13. The van der Waals surface area contributed by atoms with Gasteiger partial charge in [-0.1, -0.05) is 0 Å². The van der Waals surface area contributed by atoms with Crippen molar-refractivity contribution in [2.75, 3.05) is 7.11 Å². The lowest BCUT2D eigenvalue weighted by Crippen LogP contribution is -1.80. The van der Waals surface area contributed by atoms with Crippen LogP contribution in [0.4, 0.5) is 4.39 Å². The van der Waals surface area contributed by atoms with Crippen LogP contribution in [0.15, 0.2) is 23.2 Å². The van der Waals surface area contributed by atoms with Gasteiger partial charge >= 0.3 is 0 Å². The van der Waals surface area contributed by atoms with Gasteiger partial charge in [0.1, 0.15) is 5.83 Å². The van der Waals surface area contributed by atoms with Crippen LogP contribution in [0.3, 0.4) is 0 Å². The topological polar surface area (TPSA) is 9.23 Å². The SMILES string of the molecule is CO/C(C)=C/C(F)=C(C)C. The first-order valence-electron chi connectivity index (χ1n) is 3.13. The summed E-state index contributed by atoms with van der Waals surface area (Å²) < 4.78 is 17.4. The maximum atomic E-state index is 12.7. The van der Waals surface area contributed by atoms with Crippen molar-refractivity contribution >= 4 is 0 Å². The van der Waals surface area contributed by atoms with Gasteiger partial charge in [-0.2, -0.15) is 0 Å². The van der Waals surface area contributed by atoms with Gasteiger partial charge in [-0.15, -0.1) is 0 Å². The van der Waals surface area contributed by atoms with Gasteiger partial charge in [0.15, 0.2) is 0 Å². The largest absolute Gasteiger partial charge is 0.501 e. The normalized spacial score (nSPS) is 11.1. The van der Waals surface area contributed by atoms with Crippen LogP contribution < -0.4 is 0 Å². The second-order valence-electron chi connectivity index (χ2n) is 2.31. The highest BCUT2D eigenvalue weighted by Gasteiger charge is 1.92. The van der Waals surface area contributed by atoms with Gasteiger partial charge in [-0.3, -0.25) is 0 Å². The number of rotatable bonds is 2. The van der Waals surface area contributed by atoms with Gasteiger partial charge in [-0.25, -0.2) is 4.39 Å². The van der Waals surface area contributed by atoms with Crippen LogP contribution in [0, 0.1) is 0 Å². The van der Waals surface area contributed by atoms with E-state index in [-0.39, 0.29) is 5.83 Å². The van der Waals surface area contributed by atoms with Crippen molar-refractivity contribution in [2.24, 2.45) is 0 Å². The molecule has 0 aliphatic heterocycles. The molecule has 0 aromatic heterocycles. The molecule has 0 atom stereocenters. The van der Waals surface area contributed by atoms with Crippen LogP contribution >= 0.6 is 0 Å². The first-order valence-corrected chi connectivity index (χ1v) is 3.13. The van der Waals surface area contributed by atoms with Crippen LogP contribution in [-0.4, -0.2) is 7.11 Å². The molecule has 1 nitrogen and oxygen atoms in total. The van der Waals surface area contributed by atoms with E-state index < -0.39 is 0 Å². The average Bonchev–Trinajstić information content (AvgIpc) is 1.87. The molecule has 0 aliphatic rings. The Morgan fingerprint density at radius 2 is 1.80 bits per heavy atom. The molecule has 0 bridgehead atoms. The first kappa shape index (κ1) is 9.21. The van der Waals surface area contributed by atoms with Crippen molar-refractivity contribution in [1.82, 2.24) is 0 Å². The van der Waals surface area contributed by atoms with E-state index in [1.54, 1.807) is 20.8 Å². The third-order valence-corrected chi connectivity index (χ3v) is 1.13. The Kier molecular flexibility index (Phi) is 3.77. The van der Waals surface area contributed by atoms with Gasteiger partial charge in [0.05, 0.1) is 12.9 Å². The molecule has 0 N–H and O–H groups in total. The molecule has 0 saturated carbocycles. The molecule has 0 aromatic carbocycles. The van der Waals surface area contributed by atoms with Crippen molar-refractivity contribution in [3.8, 4) is 0 Å². The summed E-state index contributed by atoms with van der Waals surface area (Å²) in [4.78, 5) is 0. The summed E-state index contributed by atoms with van der Waals surface area (Å²) >= 11 is 0. The Balaban J connectivity index is 4.27. The standard InChI is InChI=1S/C8H13FO/c1-6(2)8(9)5-7(3)10-4/h5H,1-4H3/b7-5+. The summed E-state index contributed by atoms with van der Waals surface area (Å²) in [6.45, 7) is 5.14. The fourth-order valence-electron chi connectivity index (χ4n) is 0.382. The van der Waals surface area contributed by atoms with Crippen molar-refractivity contribution in [3.05, 3.63) is 23.2 Å². The zero-order valence-electron chi connectivity index (χ0n) is 6.86. The van der Waals surface area contributed by atoms with Crippen molar-refractivity contribution in [2.45, 2.75) is 20.8 Å². The molecule has 0 aromatic rings. The Bertz CT molecular complexity index is 164. The highest BCUT2D eigenvalue weighted by Crippen LogP contribution is 2.08. The fourth-order valence-corrected chi connectivity index (χ4v) is 0.382. The molecule has 0 radical (unpaired) electrons. The van der Waals surface area contributed by atoms with E-state index in [1.165, 1.54) is 13.2 Å². The number of halogens is 1. The van der Waals surface area contributed by atoms with E-state index in [0.717, 1.165) is 0 Å². The molecule has 0 rings (SSSR count). The lowest BCUT2D eigenvalue weighted by Gasteiger charge is -1.97. The van der Waals surface area contributed by atoms with Gasteiger partial charge in [-0.05, 0) is 26.3 Å². The maximum absolute atomic E-state index is 12.7. The molecule has 0 amide bonds. The summed E-state index contributed by atoms with van der Waals surface area (Å²) in [6, 6.07) is 0. The second-order valence-corrected chi connectivity index (χ2v) is 2.31. The highest BCUT2D eigenvalue weighted by atomic mass is 19.1. The van der Waals surface area contributed by atoms with E-state index in [9.17, 15) is 4.39 Å². The summed E-state index contributed by atoms with van der Waals surface area (Å²) in [5.41, 5.74) is 0.663. The van der Waals surface area contributed by atoms with E-state index in [0.29, 0.717) is 11.3 Å². The minimum Gasteiger partial charge on any atom is -0.501 e. The third kappa shape index (κ3) is 3.28. The van der Waals surface area contributed by atoms with Crippen LogP contribution in [0.5, 0.6) is 0 Å². The Morgan fingerprint density at radius 3 is 2.10 bits per heavy atom. The second kappa shape index (κ2) is 4.09. The molecule has 0 unspecified atom stereocenters. The van der Waals surface area contributed by atoms with Crippen LogP contribution in [0.2, 0.25) is 0 Å². The van der Waals surface area contributed by atoms with Gasteiger partial charge in [0.2, 0.25) is 0 Å². The molecule has 58 valence electrons. The fraction of sp³-hybridized carbons (Fsp3) is 0.500. The number of allylic oxidation sites excluding steroid dienone is 4. The van der Waals surface area contributed by atoms with Crippen LogP contribution in [0.1, 0.15) is 20.8 Å². The van der Waals surface area contributed by atoms with Crippen molar-refractivity contribution in [3.63, 3.8) is 0 Å². The maximum Gasteiger partial charge on any atom is 0.125 e. The minimum atomic E-state index is -0.223. The van der Waals surface area contributed by atoms with Crippen molar-refractivity contribution in [1.29, 1.82) is 0 Å². The van der Waals surface area contributed by atoms with Gasteiger partial charge < -0.3 is 4.74 Å². The monoisotopic (exact) mass is 144 g/mol. The molecular weight excluding hydrogens is 131 g/mol. The number of ether oxygens (including phenoxy) is 1. The molecule has 2 heteroatoms. The van der Waals surface area contributed by atoms with E-state index in [2.05, 4.69) is 0 Å². The zero-order chi connectivity index (χ0) is 8.15. The van der Waals surface area contributed by atoms with Crippen molar-refractivity contribution < 1.29 is 9.13 Å². The van der Waals surface area contributed by atoms with Crippen LogP contribution in [0.25, 0.3) is 0 Å². The van der Waals surface area contributed by atoms with E-state index in [4.69, 9.17) is 4.74 Å². The minimum absolute atomic E-state index is 0.223. The lowest BCUT2D eigenvalue weighted by molar-refractivity contribution is 0.292. The zero-order valence-corrected chi connectivity index (χ0v) is 6.86. The molecular formula is C8H13FO. The Hall–Kier alpha value is -0.790. The predicted molar refractivity (Wildman–Crippen MR) is 40.2 cm³/mol. The first-order chi connectivity index (χ1) is 4.57. The lowest BCUT2D eigenvalue weighted by atomic mass is 10.3. The Morgan fingerprint density at radius 1 is 1.30 bits per heavy atom. The summed E-state index contributed by atoms with van der Waals surface area (Å²) in [7, 11) is 1.52. The quantitative estimate of drug-likeness (QED) is 0.427. The molecule has 0 spiro atoms. The van der Waals surface area contributed by atoms with Gasteiger partial charge in [0.25, 0.3) is 0 Å².